The van der Waals surface area contributed by atoms with E-state index < -0.39 is 0 Å². The summed E-state index contributed by atoms with van der Waals surface area (Å²) >= 11 is 0. The van der Waals surface area contributed by atoms with E-state index in [1.165, 1.54) is 32.1 Å². The molecule has 20 heavy (non-hydrogen) atoms. The first-order valence-corrected chi connectivity index (χ1v) is 7.93. The molecule has 0 atom stereocenters. The third-order valence-corrected chi connectivity index (χ3v) is 4.27. The van der Waals surface area contributed by atoms with Crippen LogP contribution < -0.4 is 11.1 Å². The van der Waals surface area contributed by atoms with Crippen molar-refractivity contribution in [3.63, 3.8) is 0 Å². The lowest BCUT2D eigenvalue weighted by Gasteiger charge is -2.26. The maximum absolute atomic E-state index is 5.84. The molecule has 0 spiro atoms. The Morgan fingerprint density at radius 1 is 1.25 bits per heavy atom. The first kappa shape index (κ1) is 15.1. The predicted octanol–water partition coefficient (Wildman–Crippen LogP) is 3.81. The highest BCUT2D eigenvalue weighted by atomic mass is 15.0. The highest BCUT2D eigenvalue weighted by Gasteiger charge is 2.17. The van der Waals surface area contributed by atoms with Crippen LogP contribution in [0.1, 0.15) is 64.6 Å². The fraction of sp³-hybridized carbons (Fsp3) is 0.750. The zero-order valence-electron chi connectivity index (χ0n) is 13.0. The van der Waals surface area contributed by atoms with Gasteiger partial charge in [0.1, 0.15) is 17.5 Å². The zero-order valence-corrected chi connectivity index (χ0v) is 13.0. The summed E-state index contributed by atoms with van der Waals surface area (Å²) in [6, 6.07) is 1.83. The van der Waals surface area contributed by atoms with Gasteiger partial charge in [-0.05, 0) is 18.3 Å². The number of nitrogens with two attached hydrogens (primary N) is 1. The number of nitrogens with one attached hydrogen (secondary N) is 1. The number of rotatable bonds is 5. The fourth-order valence-electron chi connectivity index (χ4n) is 2.86. The molecular formula is C16H28N4. The number of hydrogen-bond donors (Lipinski definition) is 2. The molecule has 0 aliphatic heterocycles. The van der Waals surface area contributed by atoms with Gasteiger partial charge in [-0.15, -0.1) is 0 Å². The molecule has 1 fully saturated rings. The van der Waals surface area contributed by atoms with Crippen molar-refractivity contribution < 1.29 is 0 Å². The topological polar surface area (TPSA) is 63.8 Å². The minimum atomic E-state index is 0.305. The van der Waals surface area contributed by atoms with Gasteiger partial charge in [0.15, 0.2) is 0 Å². The van der Waals surface area contributed by atoms with E-state index in [1.807, 2.05) is 6.07 Å². The van der Waals surface area contributed by atoms with Crippen molar-refractivity contribution in [2.45, 2.75) is 58.8 Å². The summed E-state index contributed by atoms with van der Waals surface area (Å²) in [7, 11) is 0. The van der Waals surface area contributed by atoms with Crippen molar-refractivity contribution in [2.75, 3.05) is 17.6 Å². The average molecular weight is 276 g/mol. The van der Waals surface area contributed by atoms with Crippen LogP contribution in [0.5, 0.6) is 0 Å². The Kier molecular flexibility index (Phi) is 5.21. The number of aromatic nitrogens is 2. The third-order valence-electron chi connectivity index (χ3n) is 4.27. The van der Waals surface area contributed by atoms with Gasteiger partial charge in [-0.3, -0.25) is 0 Å². The van der Waals surface area contributed by atoms with Gasteiger partial charge in [0.25, 0.3) is 0 Å². The summed E-state index contributed by atoms with van der Waals surface area (Å²) in [6.45, 7) is 7.52. The lowest BCUT2D eigenvalue weighted by Crippen LogP contribution is -2.16. The van der Waals surface area contributed by atoms with Crippen LogP contribution in [0.25, 0.3) is 0 Å². The van der Waals surface area contributed by atoms with Gasteiger partial charge in [-0.1, -0.05) is 46.5 Å². The van der Waals surface area contributed by atoms with Gasteiger partial charge in [0.05, 0.1) is 0 Å². The SMILES string of the molecule is CC1CCC(CCNc2cc(N)nc(C(C)C)n2)CC1. The molecule has 1 saturated carbocycles. The van der Waals surface area contributed by atoms with E-state index in [2.05, 4.69) is 36.1 Å². The largest absolute Gasteiger partial charge is 0.384 e. The molecule has 112 valence electrons. The fourth-order valence-corrected chi connectivity index (χ4v) is 2.86. The highest BCUT2D eigenvalue weighted by Crippen LogP contribution is 2.30. The summed E-state index contributed by atoms with van der Waals surface area (Å²) in [5, 5.41) is 3.41. The van der Waals surface area contributed by atoms with E-state index in [-0.39, 0.29) is 0 Å². The summed E-state index contributed by atoms with van der Waals surface area (Å²) < 4.78 is 0. The molecule has 0 saturated heterocycles. The van der Waals surface area contributed by atoms with E-state index in [1.54, 1.807) is 0 Å². The van der Waals surface area contributed by atoms with Gasteiger partial charge in [-0.25, -0.2) is 9.97 Å². The van der Waals surface area contributed by atoms with E-state index in [9.17, 15) is 0 Å². The second-order valence-electron chi connectivity index (χ2n) is 6.53. The summed E-state index contributed by atoms with van der Waals surface area (Å²) in [4.78, 5) is 8.79. The molecular weight excluding hydrogens is 248 g/mol. The summed E-state index contributed by atoms with van der Waals surface area (Å²) in [5.41, 5.74) is 5.84. The Morgan fingerprint density at radius 3 is 2.60 bits per heavy atom. The van der Waals surface area contributed by atoms with E-state index >= 15 is 0 Å². The molecule has 0 radical (unpaired) electrons. The van der Waals surface area contributed by atoms with E-state index in [0.29, 0.717) is 11.7 Å². The first-order valence-electron chi connectivity index (χ1n) is 7.93. The molecule has 2 rings (SSSR count). The third kappa shape index (κ3) is 4.36. The molecule has 1 aliphatic carbocycles. The van der Waals surface area contributed by atoms with Crippen molar-refractivity contribution in [3.05, 3.63) is 11.9 Å². The van der Waals surface area contributed by atoms with Gasteiger partial charge in [0, 0.05) is 18.5 Å². The van der Waals surface area contributed by atoms with Crippen LogP contribution in [-0.4, -0.2) is 16.5 Å². The Balaban J connectivity index is 1.82. The quantitative estimate of drug-likeness (QED) is 0.858. The molecule has 4 nitrogen and oxygen atoms in total. The molecule has 0 aromatic carbocycles. The standard InChI is InChI=1S/C16H28N4/c1-11(2)16-19-14(17)10-15(20-16)18-9-8-13-6-4-12(3)5-7-13/h10-13H,4-9H2,1-3H3,(H3,17,18,19,20). The minimum Gasteiger partial charge on any atom is -0.384 e. The second kappa shape index (κ2) is 6.91. The first-order chi connectivity index (χ1) is 9.54. The molecule has 1 heterocycles. The van der Waals surface area contributed by atoms with Gasteiger partial charge in [-0.2, -0.15) is 0 Å². The number of nitrogen functional groups attached to an aromatic ring is 1. The van der Waals surface area contributed by atoms with E-state index in [0.717, 1.165) is 30.0 Å². The van der Waals surface area contributed by atoms with Crippen molar-refractivity contribution in [3.8, 4) is 0 Å². The predicted molar refractivity (Wildman–Crippen MR) is 84.8 cm³/mol. The Morgan fingerprint density at radius 2 is 1.95 bits per heavy atom. The number of hydrogen-bond acceptors (Lipinski definition) is 4. The molecule has 1 aromatic rings. The van der Waals surface area contributed by atoms with Crippen molar-refractivity contribution >= 4 is 11.6 Å². The maximum atomic E-state index is 5.84. The van der Waals surface area contributed by atoms with E-state index in [4.69, 9.17) is 5.73 Å². The summed E-state index contributed by atoms with van der Waals surface area (Å²) in [6.07, 6.45) is 6.77. The van der Waals surface area contributed by atoms with Crippen LogP contribution in [0.4, 0.5) is 11.6 Å². The number of anilines is 2. The maximum Gasteiger partial charge on any atom is 0.135 e. The Hall–Kier alpha value is -1.32. The molecule has 3 N–H and O–H groups in total. The highest BCUT2D eigenvalue weighted by molar-refractivity contribution is 5.44. The van der Waals surface area contributed by atoms with Crippen molar-refractivity contribution in [1.82, 2.24) is 9.97 Å². The van der Waals surface area contributed by atoms with Crippen LogP contribution in [0, 0.1) is 11.8 Å². The molecule has 1 aromatic heterocycles. The monoisotopic (exact) mass is 276 g/mol. The van der Waals surface area contributed by atoms with Crippen LogP contribution in [0.3, 0.4) is 0 Å². The second-order valence-corrected chi connectivity index (χ2v) is 6.53. The van der Waals surface area contributed by atoms with Crippen LogP contribution in [0.2, 0.25) is 0 Å². The van der Waals surface area contributed by atoms with Crippen LogP contribution in [-0.2, 0) is 0 Å². The normalized spacial score (nSPS) is 23.0. The molecule has 0 bridgehead atoms. The lowest BCUT2D eigenvalue weighted by molar-refractivity contribution is 0.282. The van der Waals surface area contributed by atoms with Crippen molar-refractivity contribution in [1.29, 1.82) is 0 Å². The van der Waals surface area contributed by atoms with Gasteiger partial charge >= 0.3 is 0 Å². The smallest absolute Gasteiger partial charge is 0.135 e. The molecule has 1 aliphatic rings. The molecule has 0 amide bonds. The Labute approximate surface area is 122 Å². The van der Waals surface area contributed by atoms with Crippen molar-refractivity contribution in [2.24, 2.45) is 11.8 Å². The average Bonchev–Trinajstić information content (AvgIpc) is 2.40. The Bertz CT molecular complexity index is 422. The van der Waals surface area contributed by atoms with Gasteiger partial charge in [0.2, 0.25) is 0 Å². The lowest BCUT2D eigenvalue weighted by atomic mass is 9.81. The summed E-state index contributed by atoms with van der Waals surface area (Å²) in [5.74, 6) is 4.35. The zero-order chi connectivity index (χ0) is 14.5. The molecule has 4 heteroatoms. The number of nitrogens with zero attached hydrogens (tertiary/aromatic N) is 2. The van der Waals surface area contributed by atoms with Crippen LogP contribution >= 0.6 is 0 Å². The van der Waals surface area contributed by atoms with Gasteiger partial charge < -0.3 is 11.1 Å². The van der Waals surface area contributed by atoms with Crippen LogP contribution in [0.15, 0.2) is 6.07 Å². The minimum absolute atomic E-state index is 0.305. The molecule has 0 unspecified atom stereocenters.